The quantitative estimate of drug-likeness (QED) is 0.638. The Bertz CT molecular complexity index is 293. The van der Waals surface area contributed by atoms with Gasteiger partial charge in [0.15, 0.2) is 6.29 Å². The summed E-state index contributed by atoms with van der Waals surface area (Å²) in [5.41, 5.74) is 2.79. The molecule has 0 aromatic rings. The third-order valence-electron chi connectivity index (χ3n) is 3.93. The van der Waals surface area contributed by atoms with Crippen LogP contribution in [0.1, 0.15) is 39.0 Å². The lowest BCUT2D eigenvalue weighted by atomic mass is 9.79. The lowest BCUT2D eigenvalue weighted by molar-refractivity contribution is -0.154. The maximum Gasteiger partial charge on any atom is 0.154 e. The van der Waals surface area contributed by atoms with Crippen molar-refractivity contribution >= 4 is 0 Å². The molecule has 0 aromatic heterocycles. The molecule has 0 amide bonds. The predicted octanol–water partition coefficient (Wildman–Crippen LogP) is 3.03. The lowest BCUT2D eigenvalue weighted by Crippen LogP contribution is -2.34. The second kappa shape index (κ2) is 5.15. The van der Waals surface area contributed by atoms with E-state index in [1.165, 1.54) is 11.1 Å². The van der Waals surface area contributed by atoms with Gasteiger partial charge in [0.1, 0.15) is 0 Å². The SMILES string of the molecule is C=C1CC/C=C(\C)CC[C@@H]2C[C@H](O)OC[C@@H]12. The van der Waals surface area contributed by atoms with Gasteiger partial charge >= 0.3 is 0 Å². The van der Waals surface area contributed by atoms with Crippen molar-refractivity contribution in [3.63, 3.8) is 0 Å². The average molecular weight is 222 g/mol. The minimum Gasteiger partial charge on any atom is -0.368 e. The van der Waals surface area contributed by atoms with Gasteiger partial charge in [-0.05, 0) is 38.5 Å². The fraction of sp³-hybridized carbons (Fsp3) is 0.714. The maximum absolute atomic E-state index is 9.57. The third-order valence-corrected chi connectivity index (χ3v) is 3.93. The van der Waals surface area contributed by atoms with Crippen LogP contribution in [0.15, 0.2) is 23.8 Å². The molecule has 2 nitrogen and oxygen atoms in total. The van der Waals surface area contributed by atoms with E-state index in [2.05, 4.69) is 19.6 Å². The summed E-state index contributed by atoms with van der Waals surface area (Å²) in [6.07, 6.45) is 7.04. The highest BCUT2D eigenvalue weighted by Gasteiger charge is 2.31. The molecular weight excluding hydrogens is 200 g/mol. The number of aliphatic hydroxyl groups is 1. The molecule has 1 N–H and O–H groups in total. The third kappa shape index (κ3) is 2.74. The fourth-order valence-electron chi connectivity index (χ4n) is 2.82. The predicted molar refractivity (Wildman–Crippen MR) is 64.9 cm³/mol. The van der Waals surface area contributed by atoms with E-state index in [0.29, 0.717) is 18.4 Å². The summed E-state index contributed by atoms with van der Waals surface area (Å²) in [5.74, 6) is 1.01. The highest BCUT2D eigenvalue weighted by Crippen LogP contribution is 2.36. The van der Waals surface area contributed by atoms with E-state index in [9.17, 15) is 5.11 Å². The van der Waals surface area contributed by atoms with Crippen LogP contribution in [-0.2, 0) is 4.74 Å². The van der Waals surface area contributed by atoms with Gasteiger partial charge in [0.2, 0.25) is 0 Å². The maximum atomic E-state index is 9.57. The van der Waals surface area contributed by atoms with Gasteiger partial charge in [-0.15, -0.1) is 0 Å². The normalized spacial score (nSPS) is 40.0. The molecule has 0 unspecified atom stereocenters. The summed E-state index contributed by atoms with van der Waals surface area (Å²) in [6, 6.07) is 0. The molecule has 1 heterocycles. The second-order valence-electron chi connectivity index (χ2n) is 5.18. The molecule has 0 aromatic carbocycles. The molecule has 1 fully saturated rings. The molecule has 2 rings (SSSR count). The first-order valence-corrected chi connectivity index (χ1v) is 6.30. The Morgan fingerprint density at radius 2 is 2.25 bits per heavy atom. The van der Waals surface area contributed by atoms with Crippen molar-refractivity contribution in [1.29, 1.82) is 0 Å². The summed E-state index contributed by atoms with van der Waals surface area (Å²) >= 11 is 0. The average Bonchev–Trinajstić information content (AvgIpc) is 2.31. The van der Waals surface area contributed by atoms with E-state index < -0.39 is 6.29 Å². The molecule has 1 aliphatic carbocycles. The highest BCUT2D eigenvalue weighted by atomic mass is 16.6. The Kier molecular flexibility index (Phi) is 3.82. The van der Waals surface area contributed by atoms with Gasteiger partial charge in [0.25, 0.3) is 0 Å². The van der Waals surface area contributed by atoms with Gasteiger partial charge in [-0.2, -0.15) is 0 Å². The van der Waals surface area contributed by atoms with E-state index in [1.54, 1.807) is 0 Å². The molecule has 1 saturated heterocycles. The van der Waals surface area contributed by atoms with E-state index in [-0.39, 0.29) is 0 Å². The van der Waals surface area contributed by atoms with Crippen LogP contribution in [0.2, 0.25) is 0 Å². The molecular formula is C14H22O2. The van der Waals surface area contributed by atoms with Crippen LogP contribution in [0.4, 0.5) is 0 Å². The molecule has 0 spiro atoms. The lowest BCUT2D eigenvalue weighted by Gasteiger charge is -2.35. The smallest absolute Gasteiger partial charge is 0.154 e. The van der Waals surface area contributed by atoms with Crippen molar-refractivity contribution in [1.82, 2.24) is 0 Å². The van der Waals surface area contributed by atoms with Gasteiger partial charge < -0.3 is 9.84 Å². The Labute approximate surface area is 98.0 Å². The minimum absolute atomic E-state index is 0.461. The zero-order chi connectivity index (χ0) is 11.5. The zero-order valence-electron chi connectivity index (χ0n) is 10.1. The first-order chi connectivity index (χ1) is 7.66. The van der Waals surface area contributed by atoms with Crippen molar-refractivity contribution in [2.75, 3.05) is 6.61 Å². The molecule has 3 atom stereocenters. The molecule has 1 aliphatic heterocycles. The summed E-state index contributed by atoms with van der Waals surface area (Å²) in [4.78, 5) is 0. The van der Waals surface area contributed by atoms with E-state index in [4.69, 9.17) is 4.74 Å². The molecule has 2 aliphatic rings. The number of hydrogen-bond donors (Lipinski definition) is 1. The van der Waals surface area contributed by atoms with Crippen LogP contribution in [0.25, 0.3) is 0 Å². The van der Waals surface area contributed by atoms with Crippen molar-refractivity contribution in [2.45, 2.75) is 45.3 Å². The first-order valence-electron chi connectivity index (χ1n) is 6.30. The Hall–Kier alpha value is -0.600. The number of hydrogen-bond acceptors (Lipinski definition) is 2. The Balaban J connectivity index is 2.09. The molecule has 2 heteroatoms. The van der Waals surface area contributed by atoms with Gasteiger partial charge in [-0.25, -0.2) is 0 Å². The number of rotatable bonds is 0. The van der Waals surface area contributed by atoms with Crippen LogP contribution in [0.5, 0.6) is 0 Å². The van der Waals surface area contributed by atoms with E-state index in [1.807, 2.05) is 0 Å². The molecule has 16 heavy (non-hydrogen) atoms. The summed E-state index contributed by atoms with van der Waals surface area (Å²) in [7, 11) is 0. The van der Waals surface area contributed by atoms with Gasteiger partial charge in [-0.3, -0.25) is 0 Å². The van der Waals surface area contributed by atoms with Crippen molar-refractivity contribution < 1.29 is 9.84 Å². The first kappa shape index (κ1) is 11.9. The Morgan fingerprint density at radius 1 is 1.44 bits per heavy atom. The van der Waals surface area contributed by atoms with Crippen LogP contribution in [-0.4, -0.2) is 18.0 Å². The van der Waals surface area contributed by atoms with Crippen LogP contribution in [0.3, 0.4) is 0 Å². The Morgan fingerprint density at radius 3 is 3.06 bits per heavy atom. The van der Waals surface area contributed by atoms with Gasteiger partial charge in [0.05, 0.1) is 6.61 Å². The second-order valence-corrected chi connectivity index (χ2v) is 5.18. The minimum atomic E-state index is -0.556. The summed E-state index contributed by atoms with van der Waals surface area (Å²) < 4.78 is 5.36. The highest BCUT2D eigenvalue weighted by molar-refractivity contribution is 5.10. The van der Waals surface area contributed by atoms with E-state index >= 15 is 0 Å². The van der Waals surface area contributed by atoms with Crippen LogP contribution in [0, 0.1) is 11.8 Å². The molecule has 0 saturated carbocycles. The number of fused-ring (bicyclic) bond motifs is 1. The van der Waals surface area contributed by atoms with E-state index in [0.717, 1.165) is 32.1 Å². The summed E-state index contributed by atoms with van der Waals surface area (Å²) in [5, 5.41) is 9.57. The topological polar surface area (TPSA) is 29.5 Å². The summed E-state index contributed by atoms with van der Waals surface area (Å²) in [6.45, 7) is 7.06. The van der Waals surface area contributed by atoms with Crippen LogP contribution >= 0.6 is 0 Å². The fourth-order valence-corrected chi connectivity index (χ4v) is 2.82. The van der Waals surface area contributed by atoms with Gasteiger partial charge in [-0.1, -0.05) is 23.8 Å². The van der Waals surface area contributed by atoms with Crippen molar-refractivity contribution in [3.8, 4) is 0 Å². The standard InChI is InChI=1S/C14H22O2/c1-10-4-3-5-11(2)13-9-16-14(15)8-12(13)7-6-10/h4,12-15H,2-3,5-9H2,1H3/b10-4+/t12-,13+,14-/m1/s1. The zero-order valence-corrected chi connectivity index (χ0v) is 10.1. The largest absolute Gasteiger partial charge is 0.368 e. The molecule has 0 bridgehead atoms. The van der Waals surface area contributed by atoms with Crippen LogP contribution < -0.4 is 0 Å². The van der Waals surface area contributed by atoms with Crippen molar-refractivity contribution in [3.05, 3.63) is 23.8 Å². The molecule has 90 valence electrons. The monoisotopic (exact) mass is 222 g/mol. The van der Waals surface area contributed by atoms with Crippen molar-refractivity contribution in [2.24, 2.45) is 11.8 Å². The number of ether oxygens (including phenoxy) is 1. The number of allylic oxidation sites excluding steroid dienone is 2. The molecule has 0 radical (unpaired) electrons. The van der Waals surface area contributed by atoms with Gasteiger partial charge in [0, 0.05) is 12.3 Å². The number of aliphatic hydroxyl groups excluding tert-OH is 1.